The predicted molar refractivity (Wildman–Crippen MR) is 76.2 cm³/mol. The van der Waals surface area contributed by atoms with E-state index in [1.165, 1.54) is 0 Å². The maximum atomic E-state index is 5.29. The van der Waals surface area contributed by atoms with Crippen LogP contribution in [0.3, 0.4) is 0 Å². The minimum atomic E-state index is 0.422. The first kappa shape index (κ1) is 18.8. The molecule has 0 spiro atoms. The number of ether oxygens (including phenoxy) is 4. The second-order valence-corrected chi connectivity index (χ2v) is 4.20. The molecule has 0 aliphatic carbocycles. The molecule has 0 amide bonds. The molecule has 0 atom stereocenters. The maximum absolute atomic E-state index is 5.29. The van der Waals surface area contributed by atoms with E-state index in [-0.39, 0.29) is 0 Å². The van der Waals surface area contributed by atoms with Gasteiger partial charge in [-0.3, -0.25) is 0 Å². The van der Waals surface area contributed by atoms with Gasteiger partial charge in [-0.2, -0.15) is 0 Å². The third kappa shape index (κ3) is 17.8. The van der Waals surface area contributed by atoms with Crippen LogP contribution in [-0.2, 0) is 18.9 Å². The van der Waals surface area contributed by atoms with Gasteiger partial charge in [0.25, 0.3) is 0 Å². The molecule has 0 saturated heterocycles. The predicted octanol–water partition coefficient (Wildman–Crippen LogP) is 2.16. The summed E-state index contributed by atoms with van der Waals surface area (Å²) in [6, 6.07) is 0. The van der Waals surface area contributed by atoms with Gasteiger partial charge in [-0.25, -0.2) is 0 Å². The van der Waals surface area contributed by atoms with Crippen LogP contribution in [0.2, 0.25) is 0 Å². The molecule has 0 aromatic carbocycles. The summed E-state index contributed by atoms with van der Waals surface area (Å²) in [4.78, 5) is 0. The Kier molecular flexibility index (Phi) is 17.6. The monoisotopic (exact) mass is 277 g/mol. The number of rotatable bonds is 16. The summed E-state index contributed by atoms with van der Waals surface area (Å²) >= 11 is 0. The largest absolute Gasteiger partial charge is 0.356 e. The van der Waals surface area contributed by atoms with Crippen molar-refractivity contribution in [3.8, 4) is 0 Å². The van der Waals surface area contributed by atoms with Crippen LogP contribution in [0.4, 0.5) is 0 Å². The SMILES string of the molecule is CCOCOCCCCNCCCCOCOCC. The molecule has 0 saturated carbocycles. The molecule has 0 aromatic rings. The summed E-state index contributed by atoms with van der Waals surface area (Å²) in [5.41, 5.74) is 0. The Morgan fingerprint density at radius 3 is 1.53 bits per heavy atom. The molecular formula is C14H31NO4. The normalized spacial score (nSPS) is 11.1. The van der Waals surface area contributed by atoms with Gasteiger partial charge in [0.2, 0.25) is 0 Å². The smallest absolute Gasteiger partial charge is 0.146 e. The number of hydrogen-bond donors (Lipinski definition) is 1. The molecule has 116 valence electrons. The molecule has 0 radical (unpaired) electrons. The van der Waals surface area contributed by atoms with Gasteiger partial charge < -0.3 is 24.3 Å². The average Bonchev–Trinajstić information content (AvgIpc) is 2.43. The van der Waals surface area contributed by atoms with E-state index in [2.05, 4.69) is 5.32 Å². The van der Waals surface area contributed by atoms with Crippen molar-refractivity contribution in [2.24, 2.45) is 0 Å². The lowest BCUT2D eigenvalue weighted by molar-refractivity contribution is -0.0501. The van der Waals surface area contributed by atoms with Crippen molar-refractivity contribution in [2.75, 3.05) is 53.1 Å². The molecule has 0 aliphatic rings. The van der Waals surface area contributed by atoms with Crippen molar-refractivity contribution in [1.29, 1.82) is 0 Å². The highest BCUT2D eigenvalue weighted by atomic mass is 16.7. The van der Waals surface area contributed by atoms with E-state index in [1.807, 2.05) is 13.8 Å². The maximum Gasteiger partial charge on any atom is 0.146 e. The highest BCUT2D eigenvalue weighted by molar-refractivity contribution is 4.49. The van der Waals surface area contributed by atoms with Gasteiger partial charge in [0.15, 0.2) is 0 Å². The van der Waals surface area contributed by atoms with Crippen LogP contribution >= 0.6 is 0 Å². The highest BCUT2D eigenvalue weighted by Gasteiger charge is 1.92. The van der Waals surface area contributed by atoms with E-state index in [4.69, 9.17) is 18.9 Å². The van der Waals surface area contributed by atoms with Crippen molar-refractivity contribution in [3.63, 3.8) is 0 Å². The minimum absolute atomic E-state index is 0.422. The van der Waals surface area contributed by atoms with Gasteiger partial charge in [-0.05, 0) is 52.6 Å². The summed E-state index contributed by atoms with van der Waals surface area (Å²) in [5.74, 6) is 0. The Morgan fingerprint density at radius 1 is 0.632 bits per heavy atom. The van der Waals surface area contributed by atoms with Crippen LogP contribution in [0.25, 0.3) is 0 Å². The molecule has 5 nitrogen and oxygen atoms in total. The summed E-state index contributed by atoms with van der Waals surface area (Å²) in [7, 11) is 0. The summed E-state index contributed by atoms with van der Waals surface area (Å²) in [6.07, 6.45) is 4.45. The molecule has 0 aliphatic heterocycles. The molecule has 0 heterocycles. The first-order valence-corrected chi connectivity index (χ1v) is 7.43. The Morgan fingerprint density at radius 2 is 1.11 bits per heavy atom. The number of nitrogens with one attached hydrogen (secondary N) is 1. The van der Waals surface area contributed by atoms with Crippen LogP contribution < -0.4 is 5.32 Å². The van der Waals surface area contributed by atoms with Crippen LogP contribution in [0, 0.1) is 0 Å². The molecular weight excluding hydrogens is 246 g/mol. The number of hydrogen-bond acceptors (Lipinski definition) is 5. The lowest BCUT2D eigenvalue weighted by Gasteiger charge is -2.06. The number of unbranched alkanes of at least 4 members (excludes halogenated alkanes) is 2. The molecule has 0 fully saturated rings. The van der Waals surface area contributed by atoms with Crippen molar-refractivity contribution in [2.45, 2.75) is 39.5 Å². The van der Waals surface area contributed by atoms with Gasteiger partial charge >= 0.3 is 0 Å². The lowest BCUT2D eigenvalue weighted by Crippen LogP contribution is -2.17. The highest BCUT2D eigenvalue weighted by Crippen LogP contribution is 1.92. The zero-order valence-electron chi connectivity index (χ0n) is 12.6. The standard InChI is InChI=1S/C14H31NO4/c1-3-16-13-18-11-7-5-9-15-10-6-8-12-19-14-17-4-2/h15H,3-14H2,1-2H3. The molecule has 0 aromatic heterocycles. The molecule has 0 unspecified atom stereocenters. The fourth-order valence-electron chi connectivity index (χ4n) is 1.44. The zero-order valence-corrected chi connectivity index (χ0v) is 12.6. The fourth-order valence-corrected chi connectivity index (χ4v) is 1.44. The first-order chi connectivity index (χ1) is 9.41. The Balaban J connectivity index is 2.88. The van der Waals surface area contributed by atoms with Crippen molar-refractivity contribution < 1.29 is 18.9 Å². The quantitative estimate of drug-likeness (QED) is 0.346. The van der Waals surface area contributed by atoms with Crippen molar-refractivity contribution in [3.05, 3.63) is 0 Å². The molecule has 19 heavy (non-hydrogen) atoms. The van der Waals surface area contributed by atoms with E-state index >= 15 is 0 Å². The van der Waals surface area contributed by atoms with E-state index in [0.29, 0.717) is 13.6 Å². The van der Waals surface area contributed by atoms with Crippen molar-refractivity contribution in [1.82, 2.24) is 5.32 Å². The second kappa shape index (κ2) is 17.8. The van der Waals surface area contributed by atoms with Gasteiger partial charge in [0.05, 0.1) is 0 Å². The third-order valence-electron chi connectivity index (χ3n) is 2.53. The second-order valence-electron chi connectivity index (χ2n) is 4.20. The molecule has 5 heteroatoms. The van der Waals surface area contributed by atoms with Crippen LogP contribution in [0.5, 0.6) is 0 Å². The summed E-state index contributed by atoms with van der Waals surface area (Å²) in [6.45, 7) is 9.89. The molecule has 0 rings (SSSR count). The first-order valence-electron chi connectivity index (χ1n) is 7.43. The van der Waals surface area contributed by atoms with E-state index < -0.39 is 0 Å². The summed E-state index contributed by atoms with van der Waals surface area (Å²) < 4.78 is 20.7. The third-order valence-corrected chi connectivity index (χ3v) is 2.53. The lowest BCUT2D eigenvalue weighted by atomic mass is 10.3. The summed E-state index contributed by atoms with van der Waals surface area (Å²) in [5, 5.41) is 3.42. The van der Waals surface area contributed by atoms with Gasteiger partial charge in [0, 0.05) is 26.4 Å². The Bertz CT molecular complexity index is 142. The average molecular weight is 277 g/mol. The minimum Gasteiger partial charge on any atom is -0.356 e. The van der Waals surface area contributed by atoms with E-state index in [9.17, 15) is 0 Å². The van der Waals surface area contributed by atoms with Crippen LogP contribution in [0.1, 0.15) is 39.5 Å². The van der Waals surface area contributed by atoms with Gasteiger partial charge in [-0.1, -0.05) is 0 Å². The van der Waals surface area contributed by atoms with Gasteiger partial charge in [0.1, 0.15) is 13.6 Å². The zero-order chi connectivity index (χ0) is 14.0. The van der Waals surface area contributed by atoms with Crippen LogP contribution in [-0.4, -0.2) is 53.1 Å². The van der Waals surface area contributed by atoms with E-state index in [1.54, 1.807) is 0 Å². The van der Waals surface area contributed by atoms with Crippen LogP contribution in [0.15, 0.2) is 0 Å². The topological polar surface area (TPSA) is 49.0 Å². The van der Waals surface area contributed by atoms with Crippen molar-refractivity contribution >= 4 is 0 Å². The fraction of sp³-hybridized carbons (Fsp3) is 1.00. The molecule has 1 N–H and O–H groups in total. The van der Waals surface area contributed by atoms with Gasteiger partial charge in [-0.15, -0.1) is 0 Å². The Hall–Kier alpha value is -0.200. The Labute approximate surface area is 117 Å². The molecule has 0 bridgehead atoms. The van der Waals surface area contributed by atoms with E-state index in [0.717, 1.165) is 65.2 Å².